The van der Waals surface area contributed by atoms with Gasteiger partial charge >= 0.3 is 0 Å². The summed E-state index contributed by atoms with van der Waals surface area (Å²) in [6.07, 6.45) is 9.28. The first-order chi connectivity index (χ1) is 11.8. The highest BCUT2D eigenvalue weighted by molar-refractivity contribution is 5.79. The summed E-state index contributed by atoms with van der Waals surface area (Å²) >= 11 is 0. The Morgan fingerprint density at radius 2 is 1.96 bits per heavy atom. The second kappa shape index (κ2) is 8.41. The van der Waals surface area contributed by atoms with Gasteiger partial charge in [0.15, 0.2) is 11.5 Å². The first-order valence-corrected chi connectivity index (χ1v) is 9.11. The van der Waals surface area contributed by atoms with E-state index in [-0.39, 0.29) is 23.1 Å². The third kappa shape index (κ3) is 6.45. The molecular weight excluding hydrogens is 314 g/mol. The van der Waals surface area contributed by atoms with Crippen molar-refractivity contribution >= 4 is 5.91 Å². The zero-order chi connectivity index (χ0) is 18.4. The summed E-state index contributed by atoms with van der Waals surface area (Å²) in [6, 6.07) is 5.30. The average Bonchev–Trinajstić information content (AvgIpc) is 2.55. The van der Waals surface area contributed by atoms with Crippen molar-refractivity contribution < 1.29 is 14.6 Å². The molecule has 0 atom stereocenters. The molecule has 0 heterocycles. The maximum absolute atomic E-state index is 12.3. The molecule has 0 aliphatic heterocycles. The Labute approximate surface area is 151 Å². The summed E-state index contributed by atoms with van der Waals surface area (Å²) < 4.78 is 5.09. The van der Waals surface area contributed by atoms with Crippen LogP contribution in [0.1, 0.15) is 52.0 Å². The molecular formula is C21H31NO3. The lowest BCUT2D eigenvalue weighted by molar-refractivity contribution is -0.121. The zero-order valence-corrected chi connectivity index (χ0v) is 15.8. The van der Waals surface area contributed by atoms with Crippen LogP contribution >= 0.6 is 0 Å². The number of rotatable bonds is 5. The molecule has 4 heteroatoms. The summed E-state index contributed by atoms with van der Waals surface area (Å²) in [4.78, 5) is 12.3. The SMILES string of the molecule is COc1cc(CC(=O)N[C@H]2CC[C@H](/C=C/C(C)(C)C)CC2)ccc1O. The molecule has 1 aromatic carbocycles. The summed E-state index contributed by atoms with van der Waals surface area (Å²) in [5.41, 5.74) is 1.07. The quantitative estimate of drug-likeness (QED) is 0.786. The normalized spacial score (nSPS) is 21.3. The van der Waals surface area contributed by atoms with Gasteiger partial charge in [-0.15, -0.1) is 0 Å². The lowest BCUT2D eigenvalue weighted by Gasteiger charge is -2.28. The van der Waals surface area contributed by atoms with Crippen molar-refractivity contribution in [1.82, 2.24) is 5.32 Å². The topological polar surface area (TPSA) is 58.6 Å². The minimum Gasteiger partial charge on any atom is -0.504 e. The number of methoxy groups -OCH3 is 1. The highest BCUT2D eigenvalue weighted by Crippen LogP contribution is 2.28. The van der Waals surface area contributed by atoms with E-state index in [1.807, 2.05) is 0 Å². The van der Waals surface area contributed by atoms with Crippen molar-refractivity contribution in [2.24, 2.45) is 11.3 Å². The van der Waals surface area contributed by atoms with E-state index in [2.05, 4.69) is 38.2 Å². The maximum Gasteiger partial charge on any atom is 0.224 e. The van der Waals surface area contributed by atoms with Gasteiger partial charge in [0.25, 0.3) is 0 Å². The fourth-order valence-corrected chi connectivity index (χ4v) is 3.18. The van der Waals surface area contributed by atoms with Crippen LogP contribution in [0.5, 0.6) is 11.5 Å². The Hall–Kier alpha value is -1.97. The summed E-state index contributed by atoms with van der Waals surface area (Å²) in [5, 5.41) is 12.8. The van der Waals surface area contributed by atoms with Crippen molar-refractivity contribution in [3.8, 4) is 11.5 Å². The Balaban J connectivity index is 1.80. The molecule has 138 valence electrons. The lowest BCUT2D eigenvalue weighted by Crippen LogP contribution is -2.38. The first-order valence-electron chi connectivity index (χ1n) is 9.11. The number of hydrogen-bond acceptors (Lipinski definition) is 3. The van der Waals surface area contributed by atoms with Crippen LogP contribution in [0.3, 0.4) is 0 Å². The van der Waals surface area contributed by atoms with E-state index in [9.17, 15) is 9.90 Å². The number of hydrogen-bond donors (Lipinski definition) is 2. The maximum atomic E-state index is 12.3. The number of aromatic hydroxyl groups is 1. The number of carbonyl (C=O) groups excluding carboxylic acids is 1. The molecule has 1 aromatic rings. The van der Waals surface area contributed by atoms with Gasteiger partial charge in [-0.2, -0.15) is 0 Å². The van der Waals surface area contributed by atoms with E-state index in [1.54, 1.807) is 18.2 Å². The Morgan fingerprint density at radius 1 is 1.28 bits per heavy atom. The number of ether oxygens (including phenoxy) is 1. The number of nitrogens with one attached hydrogen (secondary N) is 1. The third-order valence-electron chi connectivity index (χ3n) is 4.61. The lowest BCUT2D eigenvalue weighted by atomic mass is 9.84. The van der Waals surface area contributed by atoms with Crippen LogP contribution in [0.2, 0.25) is 0 Å². The minimum atomic E-state index is 0.0291. The monoisotopic (exact) mass is 345 g/mol. The van der Waals surface area contributed by atoms with Gasteiger partial charge in [-0.25, -0.2) is 0 Å². The van der Waals surface area contributed by atoms with Crippen LogP contribution in [-0.2, 0) is 11.2 Å². The molecule has 2 N–H and O–H groups in total. The molecule has 1 aliphatic rings. The fraction of sp³-hybridized carbons (Fsp3) is 0.571. The zero-order valence-electron chi connectivity index (χ0n) is 15.8. The number of benzene rings is 1. The van der Waals surface area contributed by atoms with E-state index in [0.717, 1.165) is 31.2 Å². The minimum absolute atomic E-state index is 0.0291. The van der Waals surface area contributed by atoms with Gasteiger partial charge in [0.2, 0.25) is 5.91 Å². The van der Waals surface area contributed by atoms with Gasteiger partial charge in [-0.3, -0.25) is 4.79 Å². The molecule has 0 saturated heterocycles. The number of amides is 1. The highest BCUT2D eigenvalue weighted by atomic mass is 16.5. The molecule has 4 nitrogen and oxygen atoms in total. The van der Waals surface area contributed by atoms with Crippen molar-refractivity contribution in [3.63, 3.8) is 0 Å². The van der Waals surface area contributed by atoms with Crippen molar-refractivity contribution in [2.45, 2.75) is 58.9 Å². The van der Waals surface area contributed by atoms with E-state index >= 15 is 0 Å². The standard InChI is InChI=1S/C21H31NO3/c1-21(2,3)12-11-15-5-8-17(9-6-15)22-20(24)14-16-7-10-18(23)19(13-16)25-4/h7,10-13,15,17,23H,5-6,8-9,14H2,1-4H3,(H,22,24)/b12-11+/t15-,17-. The number of allylic oxidation sites excluding steroid dienone is 2. The van der Waals surface area contributed by atoms with E-state index in [0.29, 0.717) is 18.1 Å². The Morgan fingerprint density at radius 3 is 2.56 bits per heavy atom. The third-order valence-corrected chi connectivity index (χ3v) is 4.61. The van der Waals surface area contributed by atoms with Crippen molar-refractivity contribution in [3.05, 3.63) is 35.9 Å². The number of carbonyl (C=O) groups is 1. The van der Waals surface area contributed by atoms with E-state index in [1.165, 1.54) is 7.11 Å². The largest absolute Gasteiger partial charge is 0.504 e. The van der Waals surface area contributed by atoms with Gasteiger partial charge in [0.1, 0.15) is 0 Å². The predicted octanol–water partition coefficient (Wildman–Crippen LogP) is 4.22. The van der Waals surface area contributed by atoms with Gasteiger partial charge < -0.3 is 15.2 Å². The van der Waals surface area contributed by atoms with Gasteiger partial charge in [0.05, 0.1) is 13.5 Å². The molecule has 0 bridgehead atoms. The van der Waals surface area contributed by atoms with Crippen LogP contribution < -0.4 is 10.1 Å². The van der Waals surface area contributed by atoms with Crippen LogP contribution in [0.4, 0.5) is 0 Å². The fourth-order valence-electron chi connectivity index (χ4n) is 3.18. The van der Waals surface area contributed by atoms with Crippen LogP contribution in [0.25, 0.3) is 0 Å². The van der Waals surface area contributed by atoms with E-state index in [4.69, 9.17) is 4.74 Å². The van der Waals surface area contributed by atoms with Crippen LogP contribution in [0.15, 0.2) is 30.4 Å². The first kappa shape index (κ1) is 19.4. The molecule has 1 amide bonds. The molecule has 25 heavy (non-hydrogen) atoms. The molecule has 0 radical (unpaired) electrons. The van der Waals surface area contributed by atoms with Crippen molar-refractivity contribution in [2.75, 3.05) is 7.11 Å². The molecule has 1 fully saturated rings. The smallest absolute Gasteiger partial charge is 0.224 e. The summed E-state index contributed by atoms with van der Waals surface area (Å²) in [6.45, 7) is 6.65. The average molecular weight is 345 g/mol. The summed E-state index contributed by atoms with van der Waals surface area (Å²) in [5.74, 6) is 1.15. The molecule has 2 rings (SSSR count). The number of phenols is 1. The number of phenolic OH excluding ortho intramolecular Hbond substituents is 1. The molecule has 1 saturated carbocycles. The molecule has 1 aliphatic carbocycles. The van der Waals surface area contributed by atoms with Crippen LogP contribution in [-0.4, -0.2) is 24.2 Å². The molecule has 0 aromatic heterocycles. The van der Waals surface area contributed by atoms with Gasteiger partial charge in [-0.1, -0.05) is 39.0 Å². The molecule has 0 spiro atoms. The highest BCUT2D eigenvalue weighted by Gasteiger charge is 2.21. The van der Waals surface area contributed by atoms with Crippen LogP contribution in [0, 0.1) is 11.3 Å². The predicted molar refractivity (Wildman–Crippen MR) is 101 cm³/mol. The summed E-state index contributed by atoms with van der Waals surface area (Å²) in [7, 11) is 1.51. The Bertz CT molecular complexity index is 608. The van der Waals surface area contributed by atoms with Gasteiger partial charge in [0, 0.05) is 6.04 Å². The second-order valence-corrected chi connectivity index (χ2v) is 8.09. The second-order valence-electron chi connectivity index (χ2n) is 8.09. The van der Waals surface area contributed by atoms with Crippen molar-refractivity contribution in [1.29, 1.82) is 0 Å². The molecule has 0 unspecified atom stereocenters. The Kier molecular flexibility index (Phi) is 6.51. The van der Waals surface area contributed by atoms with Gasteiger partial charge in [-0.05, 0) is 54.7 Å². The van der Waals surface area contributed by atoms with E-state index < -0.39 is 0 Å².